The number of Topliss-reactive ketones (excluding diaryl/α,β-unsaturated/α-hetero) is 1. The number of hydrogen-bond acceptors (Lipinski definition) is 4. The van der Waals surface area contributed by atoms with Crippen LogP contribution in [0.3, 0.4) is 0 Å². The zero-order valence-electron chi connectivity index (χ0n) is 14.0. The van der Waals surface area contributed by atoms with Gasteiger partial charge in [-0.05, 0) is 31.0 Å². The monoisotopic (exact) mass is 334 g/mol. The largest absolute Gasteiger partial charge is 0.378 e. The van der Waals surface area contributed by atoms with Crippen LogP contribution in [0.4, 0.5) is 10.1 Å². The Morgan fingerprint density at radius 2 is 1.79 bits per heavy atom. The number of morpholine rings is 1. The first-order chi connectivity index (χ1) is 11.6. The molecule has 0 saturated carbocycles. The molecule has 3 rings (SSSR count). The van der Waals surface area contributed by atoms with Crippen molar-refractivity contribution in [3.63, 3.8) is 0 Å². The molecule has 1 aromatic carbocycles. The molecule has 0 unspecified atom stereocenters. The van der Waals surface area contributed by atoms with Crippen molar-refractivity contribution in [3.05, 3.63) is 29.6 Å². The smallest absolute Gasteiger partial charge is 0.219 e. The number of anilines is 1. The normalized spacial score (nSPS) is 19.4. The lowest BCUT2D eigenvalue weighted by Crippen LogP contribution is -2.39. The van der Waals surface area contributed by atoms with Gasteiger partial charge in [0, 0.05) is 44.7 Å². The van der Waals surface area contributed by atoms with E-state index in [9.17, 15) is 14.0 Å². The molecule has 6 heteroatoms. The molecule has 2 heterocycles. The van der Waals surface area contributed by atoms with Crippen LogP contribution in [-0.2, 0) is 9.53 Å². The summed E-state index contributed by atoms with van der Waals surface area (Å²) in [6, 6.07) is 4.86. The highest BCUT2D eigenvalue weighted by Crippen LogP contribution is 2.26. The molecule has 2 aliphatic rings. The van der Waals surface area contributed by atoms with E-state index in [-0.39, 0.29) is 23.2 Å². The Morgan fingerprint density at radius 3 is 2.38 bits per heavy atom. The van der Waals surface area contributed by atoms with E-state index in [0.29, 0.717) is 39.1 Å². The summed E-state index contributed by atoms with van der Waals surface area (Å²) in [4.78, 5) is 27.8. The van der Waals surface area contributed by atoms with Gasteiger partial charge in [0.05, 0.1) is 18.8 Å². The standard InChI is InChI=1S/C18H23FN2O3/c1-13(22)20-6-4-14(5-7-20)18(23)16-3-2-15(12-17(16)19)21-8-10-24-11-9-21/h2-3,12,14H,4-11H2,1H3. The Balaban J connectivity index is 1.68. The highest BCUT2D eigenvalue weighted by Gasteiger charge is 2.28. The van der Waals surface area contributed by atoms with Gasteiger partial charge in [0.25, 0.3) is 0 Å². The average molecular weight is 334 g/mol. The lowest BCUT2D eigenvalue weighted by molar-refractivity contribution is -0.130. The average Bonchev–Trinajstić information content (AvgIpc) is 2.62. The van der Waals surface area contributed by atoms with Gasteiger partial charge in [0.1, 0.15) is 5.82 Å². The van der Waals surface area contributed by atoms with Crippen LogP contribution in [-0.4, -0.2) is 56.0 Å². The van der Waals surface area contributed by atoms with Crippen molar-refractivity contribution in [2.45, 2.75) is 19.8 Å². The Kier molecular flexibility index (Phi) is 5.14. The summed E-state index contributed by atoms with van der Waals surface area (Å²) in [5.41, 5.74) is 0.951. The van der Waals surface area contributed by atoms with E-state index in [1.165, 1.54) is 13.0 Å². The first-order valence-corrected chi connectivity index (χ1v) is 8.48. The Morgan fingerprint density at radius 1 is 1.12 bits per heavy atom. The number of carbonyl (C=O) groups excluding carboxylic acids is 2. The molecule has 5 nitrogen and oxygen atoms in total. The Labute approximate surface area is 141 Å². The number of ketones is 1. The molecule has 0 aliphatic carbocycles. The van der Waals surface area contributed by atoms with E-state index in [4.69, 9.17) is 4.74 Å². The quantitative estimate of drug-likeness (QED) is 0.795. The third-order valence-electron chi connectivity index (χ3n) is 4.91. The summed E-state index contributed by atoms with van der Waals surface area (Å²) in [6.45, 7) is 5.41. The molecular formula is C18H23FN2O3. The minimum absolute atomic E-state index is 0.0296. The van der Waals surface area contributed by atoms with Gasteiger partial charge in [0.15, 0.2) is 5.78 Å². The van der Waals surface area contributed by atoms with Gasteiger partial charge >= 0.3 is 0 Å². The van der Waals surface area contributed by atoms with Gasteiger partial charge in [-0.3, -0.25) is 9.59 Å². The lowest BCUT2D eigenvalue weighted by atomic mass is 9.88. The van der Waals surface area contributed by atoms with Crippen LogP contribution in [0.5, 0.6) is 0 Å². The van der Waals surface area contributed by atoms with Crippen LogP contribution >= 0.6 is 0 Å². The maximum Gasteiger partial charge on any atom is 0.219 e. The Hall–Kier alpha value is -1.95. The summed E-state index contributed by atoms with van der Waals surface area (Å²) < 4.78 is 19.8. The molecule has 0 N–H and O–H groups in total. The van der Waals surface area contributed by atoms with Gasteiger partial charge in [0.2, 0.25) is 5.91 Å². The molecular weight excluding hydrogens is 311 g/mol. The SMILES string of the molecule is CC(=O)N1CCC(C(=O)c2ccc(N3CCOCC3)cc2F)CC1. The molecule has 2 fully saturated rings. The molecule has 0 atom stereocenters. The maximum absolute atomic E-state index is 14.5. The molecule has 2 saturated heterocycles. The zero-order chi connectivity index (χ0) is 17.1. The lowest BCUT2D eigenvalue weighted by Gasteiger charge is -2.31. The van der Waals surface area contributed by atoms with Crippen LogP contribution in [0.15, 0.2) is 18.2 Å². The van der Waals surface area contributed by atoms with Crippen LogP contribution in [0, 0.1) is 11.7 Å². The fourth-order valence-corrected chi connectivity index (χ4v) is 3.40. The van der Waals surface area contributed by atoms with Gasteiger partial charge in [-0.2, -0.15) is 0 Å². The number of halogens is 1. The molecule has 0 bridgehead atoms. The number of ether oxygens (including phenoxy) is 1. The van der Waals surface area contributed by atoms with Crippen molar-refractivity contribution in [3.8, 4) is 0 Å². The number of piperidine rings is 1. The number of rotatable bonds is 3. The van der Waals surface area contributed by atoms with Gasteiger partial charge in [-0.1, -0.05) is 0 Å². The van der Waals surface area contributed by atoms with E-state index in [1.54, 1.807) is 11.0 Å². The van der Waals surface area contributed by atoms with Crippen LogP contribution in [0.1, 0.15) is 30.1 Å². The van der Waals surface area contributed by atoms with Crippen molar-refractivity contribution in [1.29, 1.82) is 0 Å². The highest BCUT2D eigenvalue weighted by atomic mass is 19.1. The summed E-state index contributed by atoms with van der Waals surface area (Å²) in [5, 5.41) is 0. The molecule has 0 spiro atoms. The van der Waals surface area contributed by atoms with E-state index >= 15 is 0 Å². The summed E-state index contributed by atoms with van der Waals surface area (Å²) in [6.07, 6.45) is 1.20. The van der Waals surface area contributed by atoms with E-state index < -0.39 is 5.82 Å². The van der Waals surface area contributed by atoms with Crippen molar-refractivity contribution in [2.75, 3.05) is 44.3 Å². The number of hydrogen-bond donors (Lipinski definition) is 0. The topological polar surface area (TPSA) is 49.9 Å². The van der Waals surface area contributed by atoms with Crippen LogP contribution in [0.25, 0.3) is 0 Å². The maximum atomic E-state index is 14.5. The van der Waals surface area contributed by atoms with Crippen LogP contribution in [0.2, 0.25) is 0 Å². The predicted octanol–water partition coefficient (Wildman–Crippen LogP) is 2.10. The Bertz CT molecular complexity index is 621. The van der Waals surface area contributed by atoms with Crippen LogP contribution < -0.4 is 4.90 Å². The number of nitrogens with zero attached hydrogens (tertiary/aromatic N) is 2. The first-order valence-electron chi connectivity index (χ1n) is 8.48. The molecule has 0 radical (unpaired) electrons. The van der Waals surface area contributed by atoms with Crippen molar-refractivity contribution >= 4 is 17.4 Å². The molecule has 0 aromatic heterocycles. The number of likely N-dealkylation sites (tertiary alicyclic amines) is 1. The summed E-state index contributed by atoms with van der Waals surface area (Å²) >= 11 is 0. The minimum atomic E-state index is -0.460. The third kappa shape index (κ3) is 3.59. The molecule has 1 amide bonds. The first kappa shape index (κ1) is 16.9. The fraction of sp³-hybridized carbons (Fsp3) is 0.556. The molecule has 1 aromatic rings. The number of carbonyl (C=O) groups is 2. The van der Waals surface area contributed by atoms with Gasteiger partial charge in [-0.25, -0.2) is 4.39 Å². The molecule has 130 valence electrons. The van der Waals surface area contributed by atoms with Crippen molar-refractivity contribution < 1.29 is 18.7 Å². The highest BCUT2D eigenvalue weighted by molar-refractivity contribution is 5.98. The fourth-order valence-electron chi connectivity index (χ4n) is 3.40. The zero-order valence-corrected chi connectivity index (χ0v) is 14.0. The van der Waals surface area contributed by atoms with E-state index in [0.717, 1.165) is 18.8 Å². The second-order valence-corrected chi connectivity index (χ2v) is 6.41. The second kappa shape index (κ2) is 7.30. The second-order valence-electron chi connectivity index (χ2n) is 6.41. The predicted molar refractivity (Wildman–Crippen MR) is 88.7 cm³/mol. The molecule has 2 aliphatic heterocycles. The molecule has 24 heavy (non-hydrogen) atoms. The van der Waals surface area contributed by atoms with Gasteiger partial charge in [-0.15, -0.1) is 0 Å². The van der Waals surface area contributed by atoms with Gasteiger partial charge < -0.3 is 14.5 Å². The van der Waals surface area contributed by atoms with E-state index in [1.807, 2.05) is 6.07 Å². The van der Waals surface area contributed by atoms with Crippen molar-refractivity contribution in [1.82, 2.24) is 4.90 Å². The summed E-state index contributed by atoms with van der Waals surface area (Å²) in [7, 11) is 0. The van der Waals surface area contributed by atoms with E-state index in [2.05, 4.69) is 4.90 Å². The minimum Gasteiger partial charge on any atom is -0.378 e. The third-order valence-corrected chi connectivity index (χ3v) is 4.91. The van der Waals surface area contributed by atoms with Crippen molar-refractivity contribution in [2.24, 2.45) is 5.92 Å². The number of benzene rings is 1. The number of amides is 1. The summed E-state index contributed by atoms with van der Waals surface area (Å²) in [5.74, 6) is -0.784.